The van der Waals surface area contributed by atoms with Gasteiger partial charge >= 0.3 is 0 Å². The quantitative estimate of drug-likeness (QED) is 0.500. The number of nitrogens with zero attached hydrogens (tertiary/aromatic N) is 2. The molecule has 0 bridgehead atoms. The summed E-state index contributed by atoms with van der Waals surface area (Å²) in [5.74, 6) is -0.265. The number of nitrogens with one attached hydrogen (secondary N) is 1. The van der Waals surface area contributed by atoms with Crippen molar-refractivity contribution in [1.29, 1.82) is 0 Å². The van der Waals surface area contributed by atoms with Crippen molar-refractivity contribution in [2.45, 2.75) is 30.2 Å². The summed E-state index contributed by atoms with van der Waals surface area (Å²) in [7, 11) is 0. The first-order chi connectivity index (χ1) is 14.0. The van der Waals surface area contributed by atoms with Crippen molar-refractivity contribution in [3.63, 3.8) is 0 Å². The Morgan fingerprint density at radius 3 is 2.72 bits per heavy atom. The molecule has 0 saturated heterocycles. The van der Waals surface area contributed by atoms with Gasteiger partial charge in [0, 0.05) is 15.5 Å². The van der Waals surface area contributed by atoms with Crippen molar-refractivity contribution < 1.29 is 4.79 Å². The van der Waals surface area contributed by atoms with Gasteiger partial charge in [-0.2, -0.15) is 0 Å². The van der Waals surface area contributed by atoms with Crippen LogP contribution in [-0.4, -0.2) is 15.5 Å². The van der Waals surface area contributed by atoms with Gasteiger partial charge in [-0.3, -0.25) is 14.2 Å². The first kappa shape index (κ1) is 19.4. The first-order valence-electron chi connectivity index (χ1n) is 9.07. The second-order valence-corrected chi connectivity index (χ2v) is 8.77. The van der Waals surface area contributed by atoms with E-state index in [0.29, 0.717) is 15.9 Å². The zero-order valence-corrected chi connectivity index (χ0v) is 17.6. The molecule has 0 atom stereocenters. The van der Waals surface area contributed by atoms with E-state index in [-0.39, 0.29) is 18.0 Å². The molecule has 0 spiro atoms. The van der Waals surface area contributed by atoms with Crippen LogP contribution in [0.15, 0.2) is 74.8 Å². The Morgan fingerprint density at radius 2 is 1.93 bits per heavy atom. The minimum absolute atomic E-state index is 0.0728. The molecular weight excluding hydrogens is 402 g/mol. The first-order valence-corrected chi connectivity index (χ1v) is 10.8. The third-order valence-corrected chi connectivity index (χ3v) is 6.46. The fraction of sp³-hybridized carbons (Fsp3) is 0.136. The molecular formula is C22H19N3O2S2. The average Bonchev–Trinajstić information content (AvgIpc) is 3.18. The van der Waals surface area contributed by atoms with Crippen LogP contribution in [0.2, 0.25) is 0 Å². The highest BCUT2D eigenvalue weighted by molar-refractivity contribution is 7.99. The number of aromatic nitrogens is 2. The molecule has 0 unspecified atom stereocenters. The zero-order valence-electron chi connectivity index (χ0n) is 16.0. The van der Waals surface area contributed by atoms with E-state index in [1.807, 2.05) is 29.6 Å². The summed E-state index contributed by atoms with van der Waals surface area (Å²) in [6.07, 6.45) is 1.42. The van der Waals surface area contributed by atoms with Crippen molar-refractivity contribution in [3.05, 3.63) is 81.7 Å². The van der Waals surface area contributed by atoms with E-state index in [1.165, 1.54) is 38.3 Å². The fourth-order valence-corrected chi connectivity index (χ4v) is 4.63. The highest BCUT2D eigenvalue weighted by Crippen LogP contribution is 2.31. The smallest absolute Gasteiger partial charge is 0.262 e. The second kappa shape index (κ2) is 8.23. The number of rotatable bonds is 5. The Labute approximate surface area is 176 Å². The molecule has 4 rings (SSSR count). The number of thiophene rings is 1. The molecule has 0 aliphatic carbocycles. The summed E-state index contributed by atoms with van der Waals surface area (Å²) >= 11 is 3.11. The lowest BCUT2D eigenvalue weighted by atomic mass is 10.2. The van der Waals surface area contributed by atoms with Crippen molar-refractivity contribution in [1.82, 2.24) is 9.55 Å². The number of carbonyl (C=O) groups excluding carboxylic acids is 1. The predicted octanol–water partition coefficient (Wildman–Crippen LogP) is 4.86. The van der Waals surface area contributed by atoms with E-state index in [9.17, 15) is 9.59 Å². The van der Waals surface area contributed by atoms with Crippen LogP contribution in [0.25, 0.3) is 10.2 Å². The number of anilines is 1. The Bertz CT molecular complexity index is 1240. The standard InChI is InChI=1S/C22H19N3O2S2/c1-14-3-4-15(2)19(11-14)29-17-7-5-16(6-8-17)24-20(26)12-25-13-23-21-18(22(25)27)9-10-28-21/h3-11,13H,12H2,1-2H3,(H,24,26). The highest BCUT2D eigenvalue weighted by atomic mass is 32.2. The maximum absolute atomic E-state index is 12.4. The molecule has 4 aromatic rings. The van der Waals surface area contributed by atoms with Gasteiger partial charge in [-0.05, 0) is 66.8 Å². The molecule has 146 valence electrons. The SMILES string of the molecule is Cc1ccc(C)c(Sc2ccc(NC(=O)Cn3cnc4sccc4c3=O)cc2)c1. The van der Waals surface area contributed by atoms with Crippen LogP contribution >= 0.6 is 23.1 Å². The number of hydrogen-bond acceptors (Lipinski definition) is 5. The van der Waals surface area contributed by atoms with Gasteiger partial charge in [0.2, 0.25) is 5.91 Å². The van der Waals surface area contributed by atoms with Gasteiger partial charge in [0.15, 0.2) is 0 Å². The molecule has 0 aliphatic rings. The summed E-state index contributed by atoms with van der Waals surface area (Å²) < 4.78 is 1.33. The maximum atomic E-state index is 12.4. The van der Waals surface area contributed by atoms with Gasteiger partial charge in [0.05, 0.1) is 11.7 Å². The number of benzene rings is 2. The monoisotopic (exact) mass is 421 g/mol. The van der Waals surface area contributed by atoms with Crippen molar-refractivity contribution >= 4 is 44.9 Å². The molecule has 2 aromatic carbocycles. The molecule has 2 heterocycles. The van der Waals surface area contributed by atoms with E-state index < -0.39 is 0 Å². The Balaban J connectivity index is 1.42. The van der Waals surface area contributed by atoms with Gasteiger partial charge in [-0.25, -0.2) is 4.98 Å². The van der Waals surface area contributed by atoms with Gasteiger partial charge in [0.1, 0.15) is 11.4 Å². The third kappa shape index (κ3) is 4.41. The normalized spacial score (nSPS) is 11.0. The van der Waals surface area contributed by atoms with Crippen LogP contribution in [0.1, 0.15) is 11.1 Å². The number of fused-ring (bicyclic) bond motifs is 1. The zero-order chi connectivity index (χ0) is 20.4. The van der Waals surface area contributed by atoms with Gasteiger partial charge in [-0.1, -0.05) is 23.9 Å². The molecule has 2 aromatic heterocycles. The summed E-state index contributed by atoms with van der Waals surface area (Å²) in [6.45, 7) is 4.11. The Morgan fingerprint density at radius 1 is 1.14 bits per heavy atom. The summed E-state index contributed by atoms with van der Waals surface area (Å²) in [6, 6.07) is 15.8. The van der Waals surface area contributed by atoms with Gasteiger partial charge in [-0.15, -0.1) is 11.3 Å². The summed E-state index contributed by atoms with van der Waals surface area (Å²) in [4.78, 5) is 32.0. The Kier molecular flexibility index (Phi) is 5.51. The van der Waals surface area contributed by atoms with Crippen molar-refractivity contribution in [3.8, 4) is 0 Å². The van der Waals surface area contributed by atoms with Crippen LogP contribution in [-0.2, 0) is 11.3 Å². The second-order valence-electron chi connectivity index (χ2n) is 6.76. The molecule has 1 amide bonds. The van der Waals surface area contributed by atoms with E-state index in [2.05, 4.69) is 42.3 Å². The molecule has 29 heavy (non-hydrogen) atoms. The van der Waals surface area contributed by atoms with E-state index in [1.54, 1.807) is 17.8 Å². The van der Waals surface area contributed by atoms with E-state index >= 15 is 0 Å². The van der Waals surface area contributed by atoms with Gasteiger partial charge < -0.3 is 5.32 Å². The van der Waals surface area contributed by atoms with Crippen molar-refractivity contribution in [2.75, 3.05) is 5.32 Å². The molecule has 0 radical (unpaired) electrons. The maximum Gasteiger partial charge on any atom is 0.262 e. The minimum atomic E-state index is -0.265. The number of aryl methyl sites for hydroxylation is 2. The number of hydrogen-bond donors (Lipinski definition) is 1. The van der Waals surface area contributed by atoms with Crippen LogP contribution in [0.4, 0.5) is 5.69 Å². The van der Waals surface area contributed by atoms with Crippen LogP contribution in [0.5, 0.6) is 0 Å². The lowest BCUT2D eigenvalue weighted by molar-refractivity contribution is -0.116. The van der Waals surface area contributed by atoms with E-state index in [4.69, 9.17) is 0 Å². The summed E-state index contributed by atoms with van der Waals surface area (Å²) in [5, 5.41) is 5.20. The van der Waals surface area contributed by atoms with Gasteiger partial charge in [0.25, 0.3) is 5.56 Å². The topological polar surface area (TPSA) is 64.0 Å². The molecule has 0 fully saturated rings. The molecule has 5 nitrogen and oxygen atoms in total. The predicted molar refractivity (Wildman–Crippen MR) is 119 cm³/mol. The van der Waals surface area contributed by atoms with E-state index in [0.717, 1.165) is 4.90 Å². The fourth-order valence-electron chi connectivity index (χ4n) is 2.91. The van der Waals surface area contributed by atoms with Crippen molar-refractivity contribution in [2.24, 2.45) is 0 Å². The average molecular weight is 422 g/mol. The lowest BCUT2D eigenvalue weighted by Crippen LogP contribution is -2.27. The minimum Gasteiger partial charge on any atom is -0.325 e. The largest absolute Gasteiger partial charge is 0.325 e. The summed E-state index contributed by atoms with van der Waals surface area (Å²) in [5.41, 5.74) is 2.96. The highest BCUT2D eigenvalue weighted by Gasteiger charge is 2.09. The van der Waals surface area contributed by atoms with Crippen LogP contribution in [0.3, 0.4) is 0 Å². The molecule has 7 heteroatoms. The molecule has 0 aliphatic heterocycles. The Hall–Kier alpha value is -2.90. The van der Waals surface area contributed by atoms with Crippen LogP contribution < -0.4 is 10.9 Å². The molecule has 1 N–H and O–H groups in total. The lowest BCUT2D eigenvalue weighted by Gasteiger charge is -2.09. The number of carbonyl (C=O) groups is 1. The van der Waals surface area contributed by atoms with Crippen LogP contribution in [0, 0.1) is 13.8 Å². The third-order valence-electron chi connectivity index (χ3n) is 4.47. The molecule has 0 saturated carbocycles. The number of amides is 1.